The van der Waals surface area contributed by atoms with Gasteiger partial charge in [0, 0.05) is 12.6 Å². The smallest absolute Gasteiger partial charge is 0.307 e. The van der Waals surface area contributed by atoms with Crippen molar-refractivity contribution < 1.29 is 14.3 Å². The lowest BCUT2D eigenvalue weighted by molar-refractivity contribution is -0.148. The van der Waals surface area contributed by atoms with Gasteiger partial charge in [-0.3, -0.25) is 9.69 Å². The molecule has 1 saturated heterocycles. The van der Waals surface area contributed by atoms with Gasteiger partial charge >= 0.3 is 5.97 Å². The molecule has 0 aromatic rings. The van der Waals surface area contributed by atoms with E-state index >= 15 is 0 Å². The predicted octanol–water partition coefficient (Wildman–Crippen LogP) is 3.14. The van der Waals surface area contributed by atoms with Crippen molar-refractivity contribution in [1.29, 1.82) is 0 Å². The molecule has 0 aromatic carbocycles. The minimum Gasteiger partial charge on any atom is -0.466 e. The fourth-order valence-electron chi connectivity index (χ4n) is 3.99. The molecule has 4 nitrogen and oxygen atoms in total. The number of carbonyl (C=O) groups is 1. The normalized spacial score (nSPS) is 31.6. The molecule has 0 atom stereocenters. The maximum atomic E-state index is 12.1. The van der Waals surface area contributed by atoms with Crippen molar-refractivity contribution >= 4 is 5.97 Å². The van der Waals surface area contributed by atoms with Crippen LogP contribution in [0.3, 0.4) is 0 Å². The Hall–Kier alpha value is -0.610. The number of methoxy groups -OCH3 is 1. The van der Waals surface area contributed by atoms with Crippen LogP contribution in [0.25, 0.3) is 0 Å². The largest absolute Gasteiger partial charge is 0.466 e. The number of ether oxygens (including phenoxy) is 2. The quantitative estimate of drug-likeness (QED) is 0.731. The maximum absolute atomic E-state index is 12.1. The first-order chi connectivity index (χ1) is 10.2. The van der Waals surface area contributed by atoms with Gasteiger partial charge in [-0.2, -0.15) is 0 Å². The lowest BCUT2D eigenvalue weighted by Crippen LogP contribution is -2.53. The topological polar surface area (TPSA) is 38.8 Å². The van der Waals surface area contributed by atoms with Crippen LogP contribution >= 0.6 is 0 Å². The van der Waals surface area contributed by atoms with Gasteiger partial charge in [-0.25, -0.2) is 0 Å². The van der Waals surface area contributed by atoms with E-state index in [1.807, 2.05) is 6.92 Å². The van der Waals surface area contributed by atoms with E-state index in [-0.39, 0.29) is 11.5 Å². The molecule has 122 valence electrons. The summed E-state index contributed by atoms with van der Waals surface area (Å²) in [5, 5.41) is 0. The number of hydrogen-bond acceptors (Lipinski definition) is 4. The second-order valence-electron chi connectivity index (χ2n) is 6.54. The first kappa shape index (κ1) is 16.8. The highest BCUT2D eigenvalue weighted by molar-refractivity contribution is 5.71. The number of likely N-dealkylation sites (tertiary alicyclic amines) is 1. The van der Waals surface area contributed by atoms with Crippen molar-refractivity contribution in [1.82, 2.24) is 4.90 Å². The van der Waals surface area contributed by atoms with Crippen LogP contribution in [0.2, 0.25) is 0 Å². The molecule has 0 amide bonds. The Morgan fingerprint density at radius 2 is 1.76 bits per heavy atom. The molecule has 4 heteroatoms. The third kappa shape index (κ3) is 4.43. The highest BCUT2D eigenvalue weighted by Gasteiger charge is 2.42. The Balaban J connectivity index is 2.07. The molecule has 0 unspecified atom stereocenters. The molecule has 2 fully saturated rings. The summed E-state index contributed by atoms with van der Waals surface area (Å²) < 4.78 is 10.8. The molecule has 0 N–H and O–H groups in total. The van der Waals surface area contributed by atoms with Gasteiger partial charge < -0.3 is 9.47 Å². The van der Waals surface area contributed by atoms with Crippen LogP contribution in [0.1, 0.15) is 64.7 Å². The van der Waals surface area contributed by atoms with E-state index in [2.05, 4.69) is 4.90 Å². The monoisotopic (exact) mass is 297 g/mol. The number of carbonyl (C=O) groups excluding carboxylic acids is 1. The van der Waals surface area contributed by atoms with Gasteiger partial charge in [0.15, 0.2) is 0 Å². The molecule has 2 rings (SSSR count). The Morgan fingerprint density at radius 3 is 2.29 bits per heavy atom. The van der Waals surface area contributed by atoms with E-state index in [1.54, 1.807) is 7.11 Å². The Bertz CT molecular complexity index is 316. The summed E-state index contributed by atoms with van der Waals surface area (Å²) in [4.78, 5) is 14.7. The van der Waals surface area contributed by atoms with Crippen LogP contribution in [0, 0.1) is 0 Å². The maximum Gasteiger partial charge on any atom is 0.307 e. The average molecular weight is 297 g/mol. The third-order valence-electron chi connectivity index (χ3n) is 5.25. The Morgan fingerprint density at radius 1 is 1.14 bits per heavy atom. The fraction of sp³-hybridized carbons (Fsp3) is 0.941. The molecule has 0 bridgehead atoms. The summed E-state index contributed by atoms with van der Waals surface area (Å²) in [5.41, 5.74) is 0.0195. The first-order valence-electron chi connectivity index (χ1n) is 8.63. The SMILES string of the molecule is CCOC(=O)CC1(N2CCCCCC2)CCC(OC)CC1. The molecule has 0 radical (unpaired) electrons. The molecular weight excluding hydrogens is 266 g/mol. The summed E-state index contributed by atoms with van der Waals surface area (Å²) in [7, 11) is 1.80. The minimum absolute atomic E-state index is 0.0195. The third-order valence-corrected chi connectivity index (χ3v) is 5.25. The summed E-state index contributed by atoms with van der Waals surface area (Å²) in [6, 6.07) is 0. The summed E-state index contributed by atoms with van der Waals surface area (Å²) in [6.07, 6.45) is 10.3. The number of rotatable bonds is 5. The van der Waals surface area contributed by atoms with Crippen molar-refractivity contribution in [2.45, 2.75) is 76.4 Å². The van der Waals surface area contributed by atoms with E-state index in [0.717, 1.165) is 38.8 Å². The van der Waals surface area contributed by atoms with Crippen molar-refractivity contribution in [3.8, 4) is 0 Å². The highest BCUT2D eigenvalue weighted by atomic mass is 16.5. The van der Waals surface area contributed by atoms with Crippen LogP contribution in [-0.4, -0.2) is 49.3 Å². The second kappa shape index (κ2) is 8.14. The molecule has 0 aromatic heterocycles. The van der Waals surface area contributed by atoms with Gasteiger partial charge in [-0.15, -0.1) is 0 Å². The minimum atomic E-state index is -0.0300. The van der Waals surface area contributed by atoms with Gasteiger partial charge in [0.25, 0.3) is 0 Å². The van der Waals surface area contributed by atoms with E-state index in [9.17, 15) is 4.79 Å². The van der Waals surface area contributed by atoms with Crippen molar-refractivity contribution in [2.24, 2.45) is 0 Å². The average Bonchev–Trinajstić information content (AvgIpc) is 2.78. The molecule has 0 spiro atoms. The molecular formula is C17H31NO3. The van der Waals surface area contributed by atoms with Gasteiger partial charge in [0.1, 0.15) is 0 Å². The van der Waals surface area contributed by atoms with E-state index in [4.69, 9.17) is 9.47 Å². The Labute approximate surface area is 129 Å². The molecule has 1 saturated carbocycles. The lowest BCUT2D eigenvalue weighted by Gasteiger charge is -2.47. The zero-order valence-electron chi connectivity index (χ0n) is 13.7. The number of nitrogens with zero attached hydrogens (tertiary/aromatic N) is 1. The summed E-state index contributed by atoms with van der Waals surface area (Å²) >= 11 is 0. The first-order valence-corrected chi connectivity index (χ1v) is 8.63. The molecule has 21 heavy (non-hydrogen) atoms. The predicted molar refractivity (Wildman–Crippen MR) is 83.3 cm³/mol. The van der Waals surface area contributed by atoms with Crippen LogP contribution in [0.5, 0.6) is 0 Å². The van der Waals surface area contributed by atoms with Crippen molar-refractivity contribution in [3.63, 3.8) is 0 Å². The van der Waals surface area contributed by atoms with E-state index in [1.165, 1.54) is 25.7 Å². The molecule has 1 heterocycles. The van der Waals surface area contributed by atoms with Gasteiger partial charge in [0.2, 0.25) is 0 Å². The number of hydrogen-bond donors (Lipinski definition) is 0. The summed E-state index contributed by atoms with van der Waals surface area (Å²) in [5.74, 6) is -0.0300. The second-order valence-corrected chi connectivity index (χ2v) is 6.54. The zero-order chi connectivity index (χ0) is 15.1. The highest BCUT2D eigenvalue weighted by Crippen LogP contribution is 2.39. The van der Waals surface area contributed by atoms with Crippen LogP contribution in [0.4, 0.5) is 0 Å². The number of esters is 1. The van der Waals surface area contributed by atoms with Crippen molar-refractivity contribution in [2.75, 3.05) is 26.8 Å². The van der Waals surface area contributed by atoms with Crippen LogP contribution < -0.4 is 0 Å². The van der Waals surface area contributed by atoms with Gasteiger partial charge in [0.05, 0.1) is 19.1 Å². The molecule has 1 aliphatic carbocycles. The molecule has 2 aliphatic rings. The van der Waals surface area contributed by atoms with Gasteiger partial charge in [-0.05, 0) is 58.5 Å². The Kier molecular flexibility index (Phi) is 6.49. The fourth-order valence-corrected chi connectivity index (χ4v) is 3.99. The lowest BCUT2D eigenvalue weighted by atomic mass is 9.76. The van der Waals surface area contributed by atoms with E-state index < -0.39 is 0 Å². The van der Waals surface area contributed by atoms with Crippen LogP contribution in [0.15, 0.2) is 0 Å². The summed E-state index contributed by atoms with van der Waals surface area (Å²) in [6.45, 7) is 4.64. The van der Waals surface area contributed by atoms with E-state index in [0.29, 0.717) is 19.1 Å². The van der Waals surface area contributed by atoms with Crippen molar-refractivity contribution in [3.05, 3.63) is 0 Å². The standard InChI is InChI=1S/C17H31NO3/c1-3-21-16(19)14-17(10-8-15(20-2)9-11-17)18-12-6-4-5-7-13-18/h15H,3-14H2,1-2H3. The van der Waals surface area contributed by atoms with Crippen LogP contribution in [-0.2, 0) is 14.3 Å². The molecule has 1 aliphatic heterocycles. The van der Waals surface area contributed by atoms with Gasteiger partial charge in [-0.1, -0.05) is 12.8 Å². The zero-order valence-corrected chi connectivity index (χ0v) is 13.7.